The Morgan fingerprint density at radius 2 is 2.19 bits per heavy atom. The first kappa shape index (κ1) is 13.1. The van der Waals surface area contributed by atoms with Crippen molar-refractivity contribution in [1.29, 1.82) is 0 Å². The lowest BCUT2D eigenvalue weighted by atomic mass is 10.3. The minimum atomic E-state index is -0.00656. The fraction of sp³-hybridized carbons (Fsp3) is 0.250. The fourth-order valence-electron chi connectivity index (χ4n) is 1.01. The monoisotopic (exact) mass is 255 g/mol. The van der Waals surface area contributed by atoms with Crippen LogP contribution in [0.2, 0.25) is 5.02 Å². The van der Waals surface area contributed by atoms with Gasteiger partial charge in [-0.25, -0.2) is 0 Å². The molecule has 0 aliphatic rings. The number of benzene rings is 1. The van der Waals surface area contributed by atoms with Crippen molar-refractivity contribution in [3.8, 4) is 0 Å². The largest absolute Gasteiger partial charge is 0.352 e. The smallest absolute Gasteiger partial charge is 0.230 e. The molecule has 1 aromatic rings. The summed E-state index contributed by atoms with van der Waals surface area (Å²) in [5.41, 5.74) is 0.941. The summed E-state index contributed by atoms with van der Waals surface area (Å²) >= 11 is 7.40. The number of rotatable bonds is 5. The summed E-state index contributed by atoms with van der Waals surface area (Å²) in [6.45, 7) is 6.12. The van der Waals surface area contributed by atoms with Crippen molar-refractivity contribution in [2.24, 2.45) is 0 Å². The average molecular weight is 256 g/mol. The standard InChI is InChI=1S/C12H14ClNOS/c1-9(2)7-14-12(15)8-16-11-6-4-3-5-10(11)13/h3-6H,1,7-8H2,2H3,(H,14,15). The topological polar surface area (TPSA) is 29.1 Å². The van der Waals surface area contributed by atoms with E-state index in [1.165, 1.54) is 11.8 Å². The van der Waals surface area contributed by atoms with E-state index in [0.29, 0.717) is 17.3 Å². The first-order valence-corrected chi connectivity index (χ1v) is 6.24. The normalized spacial score (nSPS) is 9.88. The average Bonchev–Trinajstić information content (AvgIpc) is 2.25. The van der Waals surface area contributed by atoms with E-state index in [2.05, 4.69) is 11.9 Å². The zero-order chi connectivity index (χ0) is 12.0. The Balaban J connectivity index is 2.37. The highest BCUT2D eigenvalue weighted by Crippen LogP contribution is 2.26. The molecular formula is C12H14ClNOS. The molecule has 1 aromatic carbocycles. The van der Waals surface area contributed by atoms with Crippen LogP contribution >= 0.6 is 23.4 Å². The van der Waals surface area contributed by atoms with Gasteiger partial charge in [0.2, 0.25) is 5.91 Å². The highest BCUT2D eigenvalue weighted by atomic mass is 35.5. The highest BCUT2D eigenvalue weighted by molar-refractivity contribution is 8.00. The van der Waals surface area contributed by atoms with E-state index in [0.717, 1.165) is 10.5 Å². The molecule has 86 valence electrons. The Kier molecular flexibility index (Phi) is 5.43. The van der Waals surface area contributed by atoms with Gasteiger partial charge >= 0.3 is 0 Å². The Labute approximate surface area is 105 Å². The minimum absolute atomic E-state index is 0.00656. The lowest BCUT2D eigenvalue weighted by Gasteiger charge is -2.05. The first-order valence-electron chi connectivity index (χ1n) is 4.88. The molecule has 0 aromatic heterocycles. The summed E-state index contributed by atoms with van der Waals surface area (Å²) in [7, 11) is 0. The molecule has 0 fully saturated rings. The maximum absolute atomic E-state index is 11.4. The molecule has 0 radical (unpaired) electrons. The molecule has 2 nitrogen and oxygen atoms in total. The molecule has 0 aliphatic heterocycles. The third-order valence-electron chi connectivity index (χ3n) is 1.78. The molecular weight excluding hydrogens is 242 g/mol. The van der Waals surface area contributed by atoms with Crippen LogP contribution in [0.15, 0.2) is 41.3 Å². The van der Waals surface area contributed by atoms with Crippen LogP contribution in [0.1, 0.15) is 6.92 Å². The van der Waals surface area contributed by atoms with Gasteiger partial charge in [-0.1, -0.05) is 35.9 Å². The van der Waals surface area contributed by atoms with Gasteiger partial charge in [-0.2, -0.15) is 0 Å². The van der Waals surface area contributed by atoms with E-state index in [1.54, 1.807) is 0 Å². The number of halogens is 1. The van der Waals surface area contributed by atoms with Gasteiger partial charge in [0.25, 0.3) is 0 Å². The summed E-state index contributed by atoms with van der Waals surface area (Å²) < 4.78 is 0. The van der Waals surface area contributed by atoms with E-state index in [1.807, 2.05) is 31.2 Å². The lowest BCUT2D eigenvalue weighted by Crippen LogP contribution is -2.26. The second-order valence-corrected chi connectivity index (χ2v) is 4.88. The molecule has 4 heteroatoms. The van der Waals surface area contributed by atoms with Crippen LogP contribution in [0.5, 0.6) is 0 Å². The zero-order valence-electron chi connectivity index (χ0n) is 9.13. The molecule has 1 amide bonds. The molecule has 0 aliphatic carbocycles. The molecule has 0 saturated carbocycles. The molecule has 0 unspecified atom stereocenters. The summed E-state index contributed by atoms with van der Waals surface area (Å²) in [6.07, 6.45) is 0. The number of carbonyl (C=O) groups is 1. The van der Waals surface area contributed by atoms with E-state index >= 15 is 0 Å². The Hall–Kier alpha value is -0.930. The minimum Gasteiger partial charge on any atom is -0.352 e. The van der Waals surface area contributed by atoms with Crippen molar-refractivity contribution in [3.05, 3.63) is 41.4 Å². The molecule has 1 N–H and O–H groups in total. The maximum atomic E-state index is 11.4. The molecule has 0 heterocycles. The van der Waals surface area contributed by atoms with Crippen molar-refractivity contribution in [3.63, 3.8) is 0 Å². The molecule has 0 spiro atoms. The van der Waals surface area contributed by atoms with Crippen molar-refractivity contribution in [2.45, 2.75) is 11.8 Å². The van der Waals surface area contributed by atoms with Crippen LogP contribution < -0.4 is 5.32 Å². The number of hydrogen-bond donors (Lipinski definition) is 1. The number of nitrogens with one attached hydrogen (secondary N) is 1. The van der Waals surface area contributed by atoms with Crippen molar-refractivity contribution < 1.29 is 4.79 Å². The fourth-order valence-corrected chi connectivity index (χ4v) is 2.07. The molecule has 1 rings (SSSR count). The van der Waals surface area contributed by atoms with Crippen LogP contribution in [0, 0.1) is 0 Å². The lowest BCUT2D eigenvalue weighted by molar-refractivity contribution is -0.118. The summed E-state index contributed by atoms with van der Waals surface area (Å²) in [6, 6.07) is 7.49. The van der Waals surface area contributed by atoms with Crippen LogP contribution in [0.3, 0.4) is 0 Å². The predicted octanol–water partition coefficient (Wildman–Crippen LogP) is 3.12. The second kappa shape index (κ2) is 6.61. The molecule has 0 saturated heterocycles. The van der Waals surface area contributed by atoms with Gasteiger partial charge < -0.3 is 5.32 Å². The number of carbonyl (C=O) groups excluding carboxylic acids is 1. The summed E-state index contributed by atoms with van der Waals surface area (Å²) in [5.74, 6) is 0.365. The van der Waals surface area contributed by atoms with E-state index in [-0.39, 0.29) is 5.91 Å². The molecule has 16 heavy (non-hydrogen) atoms. The summed E-state index contributed by atoms with van der Waals surface area (Å²) in [5, 5.41) is 3.45. The van der Waals surface area contributed by atoms with E-state index in [4.69, 9.17) is 11.6 Å². The van der Waals surface area contributed by atoms with Gasteiger partial charge in [0.1, 0.15) is 0 Å². The van der Waals surface area contributed by atoms with Crippen molar-refractivity contribution >= 4 is 29.3 Å². The third kappa shape index (κ3) is 4.73. The van der Waals surface area contributed by atoms with Crippen LogP contribution in [0.4, 0.5) is 0 Å². The number of hydrogen-bond acceptors (Lipinski definition) is 2. The van der Waals surface area contributed by atoms with Crippen molar-refractivity contribution in [1.82, 2.24) is 5.32 Å². The van der Waals surface area contributed by atoms with E-state index in [9.17, 15) is 4.79 Å². The maximum Gasteiger partial charge on any atom is 0.230 e. The van der Waals surface area contributed by atoms with Crippen LogP contribution in [-0.2, 0) is 4.79 Å². The quantitative estimate of drug-likeness (QED) is 0.647. The van der Waals surface area contributed by atoms with Gasteiger partial charge in [0.15, 0.2) is 0 Å². The first-order chi connectivity index (χ1) is 7.59. The SMILES string of the molecule is C=C(C)CNC(=O)CSc1ccccc1Cl. The Morgan fingerprint density at radius 3 is 2.81 bits per heavy atom. The van der Waals surface area contributed by atoms with Crippen molar-refractivity contribution in [2.75, 3.05) is 12.3 Å². The Morgan fingerprint density at radius 1 is 1.50 bits per heavy atom. The third-order valence-corrected chi connectivity index (χ3v) is 3.30. The number of amides is 1. The van der Waals surface area contributed by atoms with Crippen LogP contribution in [-0.4, -0.2) is 18.2 Å². The van der Waals surface area contributed by atoms with Gasteiger partial charge in [-0.05, 0) is 19.1 Å². The summed E-state index contributed by atoms with van der Waals surface area (Å²) in [4.78, 5) is 12.3. The van der Waals surface area contributed by atoms with Crippen LogP contribution in [0.25, 0.3) is 0 Å². The van der Waals surface area contributed by atoms with Gasteiger partial charge in [0, 0.05) is 11.4 Å². The molecule has 0 atom stereocenters. The van der Waals surface area contributed by atoms with E-state index < -0.39 is 0 Å². The van der Waals surface area contributed by atoms with Gasteiger partial charge in [0.05, 0.1) is 10.8 Å². The predicted molar refractivity (Wildman–Crippen MR) is 70.0 cm³/mol. The van der Waals surface area contributed by atoms with Gasteiger partial charge in [-0.3, -0.25) is 4.79 Å². The van der Waals surface area contributed by atoms with Gasteiger partial charge in [-0.15, -0.1) is 11.8 Å². The highest BCUT2D eigenvalue weighted by Gasteiger charge is 2.04. The Bertz CT molecular complexity index is 392. The second-order valence-electron chi connectivity index (χ2n) is 3.45. The molecule has 0 bridgehead atoms. The number of thioether (sulfide) groups is 1. The zero-order valence-corrected chi connectivity index (χ0v) is 10.7.